The van der Waals surface area contributed by atoms with E-state index in [0.717, 1.165) is 11.3 Å². The normalized spacial score (nSPS) is 11.3. The van der Waals surface area contributed by atoms with Gasteiger partial charge in [-0.1, -0.05) is 11.6 Å². The van der Waals surface area contributed by atoms with E-state index < -0.39 is 10.0 Å². The van der Waals surface area contributed by atoms with E-state index in [1.807, 2.05) is 13.0 Å². The highest BCUT2D eigenvalue weighted by atomic mass is 35.5. The average Bonchev–Trinajstić information content (AvgIpc) is 2.70. The SMILES string of the molecule is COCCCNS(=O)(=O)c1ccc(NC(=O)CCCOc2ccc(Cl)cc2C)cc1. The van der Waals surface area contributed by atoms with Crippen LogP contribution in [0.4, 0.5) is 5.69 Å². The van der Waals surface area contributed by atoms with Crippen molar-refractivity contribution in [3.05, 3.63) is 53.1 Å². The first kappa shape index (κ1) is 24.1. The highest BCUT2D eigenvalue weighted by Crippen LogP contribution is 2.22. The van der Waals surface area contributed by atoms with Gasteiger partial charge in [-0.25, -0.2) is 13.1 Å². The molecular weight excluding hydrogens is 428 g/mol. The highest BCUT2D eigenvalue weighted by molar-refractivity contribution is 7.89. The van der Waals surface area contributed by atoms with Gasteiger partial charge < -0.3 is 14.8 Å². The molecule has 1 amide bonds. The summed E-state index contributed by atoms with van der Waals surface area (Å²) in [6.07, 6.45) is 1.42. The molecule has 0 saturated carbocycles. The second-order valence-corrected chi connectivity index (χ2v) is 8.88. The summed E-state index contributed by atoms with van der Waals surface area (Å²) < 4.78 is 37.5. The van der Waals surface area contributed by atoms with Crippen LogP contribution in [0.25, 0.3) is 0 Å². The Morgan fingerprint density at radius 2 is 1.80 bits per heavy atom. The van der Waals surface area contributed by atoms with E-state index in [0.29, 0.717) is 43.3 Å². The van der Waals surface area contributed by atoms with Crippen molar-refractivity contribution in [2.45, 2.75) is 31.1 Å². The standard InChI is InChI=1S/C21H27ClN2O5S/c1-16-15-17(22)6-11-20(16)29-14-3-5-21(25)24-18-7-9-19(10-8-18)30(26,27)23-12-4-13-28-2/h6-11,15,23H,3-5,12-14H2,1-2H3,(H,24,25). The van der Waals surface area contributed by atoms with Crippen molar-refractivity contribution in [1.82, 2.24) is 4.72 Å². The van der Waals surface area contributed by atoms with Gasteiger partial charge in [0.25, 0.3) is 0 Å². The van der Waals surface area contributed by atoms with E-state index in [9.17, 15) is 13.2 Å². The molecule has 0 aliphatic carbocycles. The van der Waals surface area contributed by atoms with Crippen molar-refractivity contribution in [1.29, 1.82) is 0 Å². The Bertz CT molecular complexity index is 933. The van der Waals surface area contributed by atoms with Gasteiger partial charge in [0.15, 0.2) is 0 Å². The van der Waals surface area contributed by atoms with Gasteiger partial charge in [0.2, 0.25) is 15.9 Å². The van der Waals surface area contributed by atoms with Crippen molar-refractivity contribution in [3.63, 3.8) is 0 Å². The molecule has 0 spiro atoms. The van der Waals surface area contributed by atoms with Crippen molar-refractivity contribution >= 4 is 33.2 Å². The predicted molar refractivity (Wildman–Crippen MR) is 118 cm³/mol. The molecule has 164 valence electrons. The van der Waals surface area contributed by atoms with Gasteiger partial charge in [-0.15, -0.1) is 0 Å². The van der Waals surface area contributed by atoms with Crippen molar-refractivity contribution in [3.8, 4) is 5.75 Å². The molecule has 0 bridgehead atoms. The first-order chi connectivity index (χ1) is 14.3. The van der Waals surface area contributed by atoms with Crippen LogP contribution in [0, 0.1) is 6.92 Å². The summed E-state index contributed by atoms with van der Waals surface area (Å²) in [4.78, 5) is 12.2. The molecule has 0 aliphatic rings. The fourth-order valence-electron chi connectivity index (χ4n) is 2.64. The maximum absolute atomic E-state index is 12.2. The number of halogens is 1. The first-order valence-corrected chi connectivity index (χ1v) is 11.5. The summed E-state index contributed by atoms with van der Waals surface area (Å²) in [5.41, 5.74) is 1.47. The lowest BCUT2D eigenvalue weighted by molar-refractivity contribution is -0.116. The molecule has 0 fully saturated rings. The quantitative estimate of drug-likeness (QED) is 0.476. The summed E-state index contributed by atoms with van der Waals surface area (Å²) in [6.45, 7) is 3.10. The minimum Gasteiger partial charge on any atom is -0.493 e. The van der Waals surface area contributed by atoms with Crippen molar-refractivity contribution < 1.29 is 22.7 Å². The number of anilines is 1. The Balaban J connectivity index is 1.76. The van der Waals surface area contributed by atoms with Crippen molar-refractivity contribution in [2.24, 2.45) is 0 Å². The minimum absolute atomic E-state index is 0.143. The second-order valence-electron chi connectivity index (χ2n) is 6.68. The van der Waals surface area contributed by atoms with Crippen LogP contribution < -0.4 is 14.8 Å². The number of aryl methyl sites for hydroxylation is 1. The van der Waals surface area contributed by atoms with E-state index >= 15 is 0 Å². The molecule has 0 aliphatic heterocycles. The Kier molecular flexibility index (Phi) is 9.58. The van der Waals surface area contributed by atoms with Gasteiger partial charge in [0.1, 0.15) is 5.75 Å². The zero-order valence-electron chi connectivity index (χ0n) is 17.1. The summed E-state index contributed by atoms with van der Waals surface area (Å²) in [5, 5.41) is 3.41. The third-order valence-corrected chi connectivity index (χ3v) is 5.92. The Hall–Kier alpha value is -2.13. The van der Waals surface area contributed by atoms with Crippen LogP contribution in [0.5, 0.6) is 5.75 Å². The summed E-state index contributed by atoms with van der Waals surface area (Å²) in [5.74, 6) is 0.576. The van der Waals surface area contributed by atoms with E-state index in [1.54, 1.807) is 31.4 Å². The lowest BCUT2D eigenvalue weighted by Crippen LogP contribution is -2.25. The van der Waals surface area contributed by atoms with Gasteiger partial charge in [-0.3, -0.25) is 4.79 Å². The number of benzene rings is 2. The Morgan fingerprint density at radius 1 is 1.07 bits per heavy atom. The number of ether oxygens (including phenoxy) is 2. The number of methoxy groups -OCH3 is 1. The molecule has 0 unspecified atom stereocenters. The maximum atomic E-state index is 12.2. The summed E-state index contributed by atoms with van der Waals surface area (Å²) in [6, 6.07) is 11.4. The third kappa shape index (κ3) is 7.95. The molecule has 2 aromatic carbocycles. The Morgan fingerprint density at radius 3 is 2.47 bits per heavy atom. The molecule has 0 heterocycles. The van der Waals surface area contributed by atoms with E-state index in [1.165, 1.54) is 12.1 Å². The largest absolute Gasteiger partial charge is 0.493 e. The first-order valence-electron chi connectivity index (χ1n) is 9.59. The molecular formula is C21H27ClN2O5S. The van der Waals surface area contributed by atoms with Crippen LogP contribution in [0.2, 0.25) is 5.02 Å². The molecule has 0 atom stereocenters. The van der Waals surface area contributed by atoms with Crippen molar-refractivity contribution in [2.75, 3.05) is 32.2 Å². The van der Waals surface area contributed by atoms with Crippen LogP contribution in [0.3, 0.4) is 0 Å². The van der Waals surface area contributed by atoms with Gasteiger partial charge in [-0.2, -0.15) is 0 Å². The molecule has 2 rings (SSSR count). The number of carbonyl (C=O) groups excluding carboxylic acids is 1. The number of hydrogen-bond acceptors (Lipinski definition) is 5. The van der Waals surface area contributed by atoms with E-state index in [2.05, 4.69) is 10.0 Å². The number of amides is 1. The minimum atomic E-state index is -3.58. The zero-order chi connectivity index (χ0) is 22.0. The molecule has 2 aromatic rings. The fraction of sp³-hybridized carbons (Fsp3) is 0.381. The number of carbonyl (C=O) groups is 1. The van der Waals surface area contributed by atoms with Gasteiger partial charge in [0.05, 0.1) is 11.5 Å². The molecule has 2 N–H and O–H groups in total. The fourth-order valence-corrected chi connectivity index (χ4v) is 3.94. The number of rotatable bonds is 12. The van der Waals surface area contributed by atoms with E-state index in [-0.39, 0.29) is 17.2 Å². The number of sulfonamides is 1. The lowest BCUT2D eigenvalue weighted by atomic mass is 10.2. The summed E-state index contributed by atoms with van der Waals surface area (Å²) >= 11 is 5.92. The monoisotopic (exact) mass is 454 g/mol. The van der Waals surface area contributed by atoms with Crippen LogP contribution in [-0.4, -0.2) is 41.2 Å². The molecule has 0 aromatic heterocycles. The molecule has 0 radical (unpaired) electrons. The second kappa shape index (κ2) is 11.9. The van der Waals surface area contributed by atoms with Crippen LogP contribution in [-0.2, 0) is 19.6 Å². The lowest BCUT2D eigenvalue weighted by Gasteiger charge is -2.10. The van der Waals surface area contributed by atoms with Crippen LogP contribution in [0.1, 0.15) is 24.8 Å². The molecule has 9 heteroatoms. The van der Waals surface area contributed by atoms with Gasteiger partial charge in [0, 0.05) is 37.4 Å². The predicted octanol–water partition coefficient (Wildman–Crippen LogP) is 3.76. The van der Waals surface area contributed by atoms with E-state index in [4.69, 9.17) is 21.1 Å². The smallest absolute Gasteiger partial charge is 0.240 e. The van der Waals surface area contributed by atoms with Crippen LogP contribution >= 0.6 is 11.6 Å². The molecule has 7 nitrogen and oxygen atoms in total. The molecule has 30 heavy (non-hydrogen) atoms. The zero-order valence-corrected chi connectivity index (χ0v) is 18.7. The topological polar surface area (TPSA) is 93.7 Å². The Labute approximate surface area is 182 Å². The third-order valence-electron chi connectivity index (χ3n) is 4.21. The highest BCUT2D eigenvalue weighted by Gasteiger charge is 2.13. The van der Waals surface area contributed by atoms with Gasteiger partial charge >= 0.3 is 0 Å². The molecule has 0 saturated heterocycles. The number of nitrogens with one attached hydrogen (secondary N) is 2. The summed E-state index contributed by atoms with van der Waals surface area (Å²) in [7, 11) is -2.01. The van der Waals surface area contributed by atoms with Gasteiger partial charge in [-0.05, 0) is 67.8 Å². The number of hydrogen-bond donors (Lipinski definition) is 2. The average molecular weight is 455 g/mol. The van der Waals surface area contributed by atoms with Crippen LogP contribution in [0.15, 0.2) is 47.4 Å². The maximum Gasteiger partial charge on any atom is 0.240 e.